The second-order valence-corrected chi connectivity index (χ2v) is 5.08. The molecule has 0 saturated heterocycles. The Labute approximate surface area is 114 Å². The number of amides is 1. The Bertz CT molecular complexity index is 367. The first-order valence-corrected chi connectivity index (χ1v) is 7.01. The first-order chi connectivity index (χ1) is 8.22. The second kappa shape index (κ2) is 8.20. The largest absolute Gasteiger partial charge is 0.445 e. The van der Waals surface area contributed by atoms with Crippen LogP contribution in [0.25, 0.3) is 0 Å². The minimum absolute atomic E-state index is 0.239. The maximum Gasteiger partial charge on any atom is 0.408 e. The highest BCUT2D eigenvalue weighted by molar-refractivity contribution is 9.10. The Balaban J connectivity index is 2.13. The summed E-state index contributed by atoms with van der Waals surface area (Å²) >= 11 is 5.00. The average molecular weight is 316 g/mol. The van der Waals surface area contributed by atoms with Gasteiger partial charge in [0.1, 0.15) is 6.61 Å². The molecule has 1 amide bonds. The molecule has 0 aromatic heterocycles. The van der Waals surface area contributed by atoms with Crippen LogP contribution in [0.2, 0.25) is 0 Å². The van der Waals surface area contributed by atoms with E-state index in [1.807, 2.05) is 24.3 Å². The number of carbonyl (C=O) groups is 1. The van der Waals surface area contributed by atoms with Crippen molar-refractivity contribution in [1.82, 2.24) is 5.32 Å². The van der Waals surface area contributed by atoms with Gasteiger partial charge in [-0.15, -0.1) is 11.8 Å². The molecule has 0 fully saturated rings. The molecule has 0 aliphatic carbocycles. The number of halogens is 1. The molecule has 0 aliphatic rings. The molecular formula is C12H14BrNO2S. The van der Waals surface area contributed by atoms with Gasteiger partial charge in [-0.1, -0.05) is 40.7 Å². The fourth-order valence-electron chi connectivity index (χ4n) is 1.05. The van der Waals surface area contributed by atoms with Crippen LogP contribution in [0.5, 0.6) is 0 Å². The number of benzene rings is 1. The molecule has 0 spiro atoms. The summed E-state index contributed by atoms with van der Waals surface area (Å²) in [5.41, 5.74) is 1.22. The van der Waals surface area contributed by atoms with Crippen LogP contribution in [0.3, 0.4) is 0 Å². The van der Waals surface area contributed by atoms with Gasteiger partial charge in [-0.05, 0) is 17.7 Å². The quantitative estimate of drug-likeness (QED) is 0.495. The molecule has 17 heavy (non-hydrogen) atoms. The molecule has 3 nitrogen and oxygen atoms in total. The predicted octanol–water partition coefficient (Wildman–Crippen LogP) is 3.55. The fraction of sp³-hybridized carbons (Fsp3) is 0.250. The first kappa shape index (κ1) is 14.1. The van der Waals surface area contributed by atoms with Gasteiger partial charge in [0.2, 0.25) is 0 Å². The molecule has 0 atom stereocenters. The molecule has 1 aromatic rings. The topological polar surface area (TPSA) is 38.3 Å². The van der Waals surface area contributed by atoms with E-state index in [4.69, 9.17) is 4.74 Å². The van der Waals surface area contributed by atoms with Gasteiger partial charge in [0, 0.05) is 10.2 Å². The van der Waals surface area contributed by atoms with Crippen LogP contribution in [-0.2, 0) is 10.5 Å². The summed E-state index contributed by atoms with van der Waals surface area (Å²) < 4.78 is 5.84. The molecule has 0 aliphatic heterocycles. The standard InChI is InChI=1S/C12H14BrNO2S/c1-2-7-16-12(15)14-9-17-8-10-3-5-11(13)6-4-10/h2-6H,1,7-9H2,(H,14,15). The van der Waals surface area contributed by atoms with Crippen molar-refractivity contribution in [2.75, 3.05) is 12.5 Å². The number of nitrogens with one attached hydrogen (secondary N) is 1. The van der Waals surface area contributed by atoms with E-state index in [0.717, 1.165) is 10.2 Å². The third kappa shape index (κ3) is 6.38. The lowest BCUT2D eigenvalue weighted by Gasteiger charge is -2.05. The molecule has 0 heterocycles. The second-order valence-electron chi connectivity index (χ2n) is 3.18. The van der Waals surface area contributed by atoms with Crippen LogP contribution in [-0.4, -0.2) is 18.6 Å². The van der Waals surface area contributed by atoms with Crippen molar-refractivity contribution in [2.45, 2.75) is 5.75 Å². The summed E-state index contributed by atoms with van der Waals surface area (Å²) in [5.74, 6) is 1.39. The van der Waals surface area contributed by atoms with E-state index in [-0.39, 0.29) is 6.61 Å². The van der Waals surface area contributed by atoms with Crippen molar-refractivity contribution in [3.63, 3.8) is 0 Å². The Kier molecular flexibility index (Phi) is 6.81. The third-order valence-electron chi connectivity index (χ3n) is 1.83. The van der Waals surface area contributed by atoms with Gasteiger partial charge in [0.05, 0.1) is 5.88 Å². The van der Waals surface area contributed by atoms with Gasteiger partial charge in [-0.3, -0.25) is 0 Å². The third-order valence-corrected chi connectivity index (χ3v) is 3.25. The van der Waals surface area contributed by atoms with Crippen LogP contribution < -0.4 is 5.32 Å². The zero-order chi connectivity index (χ0) is 12.5. The van der Waals surface area contributed by atoms with Crippen molar-refractivity contribution in [2.24, 2.45) is 0 Å². The van der Waals surface area contributed by atoms with Gasteiger partial charge >= 0.3 is 6.09 Å². The number of rotatable bonds is 6. The highest BCUT2D eigenvalue weighted by atomic mass is 79.9. The fourth-order valence-corrected chi connectivity index (χ4v) is 2.06. The van der Waals surface area contributed by atoms with E-state index in [2.05, 4.69) is 27.8 Å². The monoisotopic (exact) mass is 315 g/mol. The van der Waals surface area contributed by atoms with Gasteiger partial charge < -0.3 is 10.1 Å². The molecule has 5 heteroatoms. The van der Waals surface area contributed by atoms with Crippen LogP contribution in [0.1, 0.15) is 5.56 Å². The summed E-state index contributed by atoms with van der Waals surface area (Å²) in [6.07, 6.45) is 1.13. The average Bonchev–Trinajstić information content (AvgIpc) is 2.34. The van der Waals surface area contributed by atoms with Crippen molar-refractivity contribution < 1.29 is 9.53 Å². The van der Waals surface area contributed by atoms with Crippen LogP contribution in [0.15, 0.2) is 41.4 Å². The normalized spacial score (nSPS) is 9.71. The lowest BCUT2D eigenvalue weighted by atomic mass is 10.2. The van der Waals surface area contributed by atoms with E-state index in [1.54, 1.807) is 11.8 Å². The van der Waals surface area contributed by atoms with E-state index in [9.17, 15) is 4.79 Å². The maximum atomic E-state index is 11.1. The van der Waals surface area contributed by atoms with Crippen LogP contribution >= 0.6 is 27.7 Å². The molecule has 92 valence electrons. The van der Waals surface area contributed by atoms with Gasteiger partial charge in [-0.2, -0.15) is 0 Å². The van der Waals surface area contributed by atoms with Gasteiger partial charge in [-0.25, -0.2) is 4.79 Å². The Hall–Kier alpha value is -0.940. The Morgan fingerprint density at radius 3 is 2.82 bits per heavy atom. The highest BCUT2D eigenvalue weighted by Crippen LogP contribution is 2.15. The van der Waals surface area contributed by atoms with E-state index >= 15 is 0 Å². The lowest BCUT2D eigenvalue weighted by molar-refractivity contribution is 0.160. The van der Waals surface area contributed by atoms with E-state index in [0.29, 0.717) is 5.88 Å². The number of hydrogen-bond donors (Lipinski definition) is 1. The molecule has 1 N–H and O–H groups in total. The van der Waals surface area contributed by atoms with Gasteiger partial charge in [0.25, 0.3) is 0 Å². The molecular weight excluding hydrogens is 302 g/mol. The number of hydrogen-bond acceptors (Lipinski definition) is 3. The molecule has 0 bridgehead atoms. The summed E-state index contributed by atoms with van der Waals surface area (Å²) in [6.45, 7) is 3.70. The van der Waals surface area contributed by atoms with Crippen molar-refractivity contribution in [3.05, 3.63) is 47.0 Å². The number of alkyl carbamates (subject to hydrolysis) is 1. The summed E-state index contributed by atoms with van der Waals surface area (Å²) in [4.78, 5) is 11.1. The summed E-state index contributed by atoms with van der Waals surface area (Å²) in [5, 5.41) is 2.64. The summed E-state index contributed by atoms with van der Waals surface area (Å²) in [6, 6.07) is 8.10. The smallest absolute Gasteiger partial charge is 0.408 e. The molecule has 0 radical (unpaired) electrons. The van der Waals surface area contributed by atoms with E-state index < -0.39 is 6.09 Å². The SMILES string of the molecule is C=CCOC(=O)NCSCc1ccc(Br)cc1. The van der Waals surface area contributed by atoms with Crippen molar-refractivity contribution in [1.29, 1.82) is 0 Å². The lowest BCUT2D eigenvalue weighted by Crippen LogP contribution is -2.23. The zero-order valence-electron chi connectivity index (χ0n) is 9.32. The minimum atomic E-state index is -0.409. The Morgan fingerprint density at radius 2 is 2.18 bits per heavy atom. The van der Waals surface area contributed by atoms with Crippen LogP contribution in [0.4, 0.5) is 4.79 Å². The maximum absolute atomic E-state index is 11.1. The molecule has 0 unspecified atom stereocenters. The minimum Gasteiger partial charge on any atom is -0.445 e. The first-order valence-electron chi connectivity index (χ1n) is 5.06. The summed E-state index contributed by atoms with van der Waals surface area (Å²) in [7, 11) is 0. The zero-order valence-corrected chi connectivity index (χ0v) is 11.7. The van der Waals surface area contributed by atoms with Crippen molar-refractivity contribution >= 4 is 33.8 Å². The van der Waals surface area contributed by atoms with E-state index in [1.165, 1.54) is 11.6 Å². The van der Waals surface area contributed by atoms with Crippen molar-refractivity contribution in [3.8, 4) is 0 Å². The van der Waals surface area contributed by atoms with Crippen LogP contribution in [0, 0.1) is 0 Å². The van der Waals surface area contributed by atoms with Gasteiger partial charge in [0.15, 0.2) is 0 Å². The number of thioether (sulfide) groups is 1. The number of ether oxygens (including phenoxy) is 1. The molecule has 1 aromatic carbocycles. The highest BCUT2D eigenvalue weighted by Gasteiger charge is 1.99. The Morgan fingerprint density at radius 1 is 1.47 bits per heavy atom. The predicted molar refractivity (Wildman–Crippen MR) is 75.0 cm³/mol. The number of carbonyl (C=O) groups excluding carboxylic acids is 1. The molecule has 0 saturated carbocycles. The molecule has 1 rings (SSSR count).